The summed E-state index contributed by atoms with van der Waals surface area (Å²) in [6, 6.07) is 4.70. The summed E-state index contributed by atoms with van der Waals surface area (Å²) in [6.45, 7) is 0. The zero-order valence-corrected chi connectivity index (χ0v) is 14.5. The second-order valence-electron chi connectivity index (χ2n) is 4.71. The van der Waals surface area contributed by atoms with E-state index in [0.29, 0.717) is 12.1 Å². The number of esters is 1. The number of hydrogen-bond donors (Lipinski definition) is 1. The van der Waals surface area contributed by atoms with Crippen LogP contribution in [0.5, 0.6) is 5.75 Å². The van der Waals surface area contributed by atoms with Crippen LogP contribution in [0.2, 0.25) is 5.02 Å². The van der Waals surface area contributed by atoms with E-state index in [1.165, 1.54) is 19.2 Å². The second kappa shape index (κ2) is 7.24. The van der Waals surface area contributed by atoms with E-state index >= 15 is 0 Å². The third-order valence-corrected chi connectivity index (χ3v) is 4.80. The molecule has 10 heteroatoms. The van der Waals surface area contributed by atoms with Crippen LogP contribution in [-0.4, -0.2) is 28.6 Å². The van der Waals surface area contributed by atoms with Crippen molar-refractivity contribution in [2.24, 2.45) is 0 Å². The third kappa shape index (κ3) is 3.99. The minimum absolute atomic E-state index is 0.0280. The predicted octanol–water partition coefficient (Wildman–Crippen LogP) is 3.21. The van der Waals surface area contributed by atoms with Crippen LogP contribution in [0.3, 0.4) is 0 Å². The number of methoxy groups -OCH3 is 2. The van der Waals surface area contributed by atoms with Gasteiger partial charge in [0, 0.05) is 6.07 Å². The van der Waals surface area contributed by atoms with Crippen LogP contribution in [0.25, 0.3) is 0 Å². The summed E-state index contributed by atoms with van der Waals surface area (Å²) in [5.41, 5.74) is -1.23. The number of benzene rings is 2. The zero-order chi connectivity index (χ0) is 18.8. The molecule has 0 aliphatic carbocycles. The number of sulfonamides is 1. The molecule has 2 aromatic carbocycles. The Kier molecular flexibility index (Phi) is 5.48. The molecule has 2 aromatic rings. The maximum Gasteiger partial charge on any atom is 0.340 e. The Morgan fingerprint density at radius 2 is 1.80 bits per heavy atom. The van der Waals surface area contributed by atoms with Gasteiger partial charge in [-0.1, -0.05) is 11.6 Å². The molecule has 134 valence electrons. The van der Waals surface area contributed by atoms with E-state index in [-0.39, 0.29) is 15.7 Å². The fourth-order valence-corrected chi connectivity index (χ4v) is 3.32. The number of ether oxygens (including phenoxy) is 2. The molecule has 0 amide bonds. The van der Waals surface area contributed by atoms with Gasteiger partial charge in [-0.25, -0.2) is 22.0 Å². The van der Waals surface area contributed by atoms with Crippen molar-refractivity contribution >= 4 is 33.3 Å². The first-order valence-corrected chi connectivity index (χ1v) is 8.49. The highest BCUT2D eigenvalue weighted by Crippen LogP contribution is 2.29. The monoisotopic (exact) mass is 391 g/mol. The molecule has 0 radical (unpaired) electrons. The molecule has 6 nitrogen and oxygen atoms in total. The van der Waals surface area contributed by atoms with Crippen molar-refractivity contribution in [2.45, 2.75) is 4.90 Å². The summed E-state index contributed by atoms with van der Waals surface area (Å²) in [7, 11) is -1.88. The summed E-state index contributed by atoms with van der Waals surface area (Å²) < 4.78 is 63.4. The van der Waals surface area contributed by atoms with Crippen molar-refractivity contribution in [3.05, 3.63) is 52.6 Å². The molecular formula is C15H12ClF2NO5S. The molecule has 0 aromatic heterocycles. The molecule has 0 fully saturated rings. The van der Waals surface area contributed by atoms with Gasteiger partial charge in [-0.3, -0.25) is 4.72 Å². The Morgan fingerprint density at radius 1 is 1.12 bits per heavy atom. The maximum absolute atomic E-state index is 13.9. The van der Waals surface area contributed by atoms with E-state index < -0.39 is 38.9 Å². The summed E-state index contributed by atoms with van der Waals surface area (Å²) in [5, 5.41) is 0.0280. The molecule has 0 heterocycles. The van der Waals surface area contributed by atoms with Crippen LogP contribution in [0.15, 0.2) is 35.2 Å². The topological polar surface area (TPSA) is 81.7 Å². The summed E-state index contributed by atoms with van der Waals surface area (Å²) in [6.07, 6.45) is 0. The number of rotatable bonds is 5. The number of carbonyl (C=O) groups excluding carboxylic acids is 1. The van der Waals surface area contributed by atoms with Gasteiger partial charge in [0.15, 0.2) is 0 Å². The maximum atomic E-state index is 13.9. The number of nitrogens with one attached hydrogen (secondary N) is 1. The highest BCUT2D eigenvalue weighted by atomic mass is 35.5. The summed E-state index contributed by atoms with van der Waals surface area (Å²) in [5.74, 6) is -3.21. The molecule has 0 bridgehead atoms. The van der Waals surface area contributed by atoms with Crippen molar-refractivity contribution in [3.63, 3.8) is 0 Å². The third-order valence-electron chi connectivity index (χ3n) is 3.14. The second-order valence-corrected chi connectivity index (χ2v) is 6.79. The average Bonchev–Trinajstić information content (AvgIpc) is 2.56. The lowest BCUT2D eigenvalue weighted by atomic mass is 10.2. The van der Waals surface area contributed by atoms with Crippen molar-refractivity contribution in [1.29, 1.82) is 0 Å². The molecule has 0 saturated carbocycles. The predicted molar refractivity (Wildman–Crippen MR) is 86.5 cm³/mol. The smallest absolute Gasteiger partial charge is 0.340 e. The van der Waals surface area contributed by atoms with Crippen LogP contribution >= 0.6 is 11.6 Å². The lowest BCUT2D eigenvalue weighted by Crippen LogP contribution is -2.15. The van der Waals surface area contributed by atoms with Gasteiger partial charge in [0.2, 0.25) is 0 Å². The van der Waals surface area contributed by atoms with E-state index in [0.717, 1.165) is 13.2 Å². The van der Waals surface area contributed by atoms with Gasteiger partial charge in [-0.05, 0) is 24.3 Å². The highest BCUT2D eigenvalue weighted by molar-refractivity contribution is 7.92. The van der Waals surface area contributed by atoms with Crippen LogP contribution in [0.4, 0.5) is 14.5 Å². The lowest BCUT2D eigenvalue weighted by Gasteiger charge is -2.12. The van der Waals surface area contributed by atoms with Gasteiger partial charge in [0.25, 0.3) is 10.0 Å². The van der Waals surface area contributed by atoms with E-state index in [2.05, 4.69) is 4.74 Å². The number of anilines is 1. The normalized spacial score (nSPS) is 11.1. The molecule has 0 saturated heterocycles. The van der Waals surface area contributed by atoms with Crippen molar-refractivity contribution in [2.75, 3.05) is 18.9 Å². The average molecular weight is 392 g/mol. The standard InChI is InChI=1S/C15H12ClF2NO5S/c1-23-14-4-3-8(5-10(14)16)25(21,22)19-13-6-9(15(20)24-2)11(17)7-12(13)18/h3-7,19H,1-2H3. The largest absolute Gasteiger partial charge is 0.495 e. The first-order valence-electron chi connectivity index (χ1n) is 6.63. The molecule has 0 aliphatic rings. The van der Waals surface area contributed by atoms with Gasteiger partial charge in [0.05, 0.1) is 35.4 Å². The van der Waals surface area contributed by atoms with Gasteiger partial charge >= 0.3 is 5.97 Å². The Balaban J connectivity index is 2.44. The van der Waals surface area contributed by atoms with E-state index in [9.17, 15) is 22.0 Å². The van der Waals surface area contributed by atoms with E-state index in [1.807, 2.05) is 4.72 Å². The van der Waals surface area contributed by atoms with Crippen LogP contribution in [0.1, 0.15) is 10.4 Å². The molecule has 25 heavy (non-hydrogen) atoms. The Bertz CT molecular complexity index is 934. The van der Waals surface area contributed by atoms with Crippen molar-refractivity contribution < 1.29 is 31.5 Å². The SMILES string of the molecule is COC(=O)c1cc(NS(=O)(=O)c2ccc(OC)c(Cl)c2)c(F)cc1F. The Hall–Kier alpha value is -2.39. The highest BCUT2D eigenvalue weighted by Gasteiger charge is 2.22. The van der Waals surface area contributed by atoms with Crippen molar-refractivity contribution in [1.82, 2.24) is 0 Å². The molecule has 0 atom stereocenters. The van der Waals surface area contributed by atoms with Gasteiger partial charge in [0.1, 0.15) is 17.4 Å². The van der Waals surface area contributed by atoms with Crippen LogP contribution in [0, 0.1) is 11.6 Å². The fraction of sp³-hybridized carbons (Fsp3) is 0.133. The van der Waals surface area contributed by atoms with E-state index in [1.54, 1.807) is 0 Å². The number of carbonyl (C=O) groups is 1. The minimum Gasteiger partial charge on any atom is -0.495 e. The van der Waals surface area contributed by atoms with E-state index in [4.69, 9.17) is 16.3 Å². The lowest BCUT2D eigenvalue weighted by molar-refractivity contribution is 0.0595. The molecule has 2 rings (SSSR count). The van der Waals surface area contributed by atoms with Crippen LogP contribution in [-0.2, 0) is 14.8 Å². The van der Waals surface area contributed by atoms with Gasteiger partial charge < -0.3 is 9.47 Å². The quantitative estimate of drug-likeness (QED) is 0.791. The molecule has 0 unspecified atom stereocenters. The van der Waals surface area contributed by atoms with Crippen LogP contribution < -0.4 is 9.46 Å². The first kappa shape index (κ1) is 18.9. The zero-order valence-electron chi connectivity index (χ0n) is 13.0. The number of halogens is 3. The summed E-state index contributed by atoms with van der Waals surface area (Å²) >= 11 is 5.87. The van der Waals surface area contributed by atoms with Gasteiger partial charge in [-0.15, -0.1) is 0 Å². The minimum atomic E-state index is -4.25. The first-order chi connectivity index (χ1) is 11.7. The summed E-state index contributed by atoms with van der Waals surface area (Å²) in [4.78, 5) is 11.2. The fourth-order valence-electron chi connectivity index (χ4n) is 1.91. The number of hydrogen-bond acceptors (Lipinski definition) is 5. The molecular weight excluding hydrogens is 380 g/mol. The van der Waals surface area contributed by atoms with Gasteiger partial charge in [-0.2, -0.15) is 0 Å². The molecule has 0 spiro atoms. The van der Waals surface area contributed by atoms with Crippen molar-refractivity contribution in [3.8, 4) is 5.75 Å². The molecule has 0 aliphatic heterocycles. The molecule has 1 N–H and O–H groups in total. The Morgan fingerprint density at radius 3 is 2.36 bits per heavy atom. The Labute approximate surface area is 147 Å².